The molecule has 0 radical (unpaired) electrons. The van der Waals surface area contributed by atoms with Crippen molar-refractivity contribution >= 4 is 57.9 Å². The average molecular weight is 342 g/mol. The summed E-state index contributed by atoms with van der Waals surface area (Å²) in [5.41, 5.74) is 0. The molecule has 0 aliphatic rings. The molecule has 1 nitrogen and oxygen atoms in total. The minimum atomic E-state index is 0. The number of hydrogen-bond donors (Lipinski definition) is 1. The van der Waals surface area contributed by atoms with Crippen molar-refractivity contribution in [2.24, 2.45) is 11.8 Å². The minimum absolute atomic E-state index is 0. The van der Waals surface area contributed by atoms with Crippen molar-refractivity contribution in [2.75, 3.05) is 12.3 Å². The van der Waals surface area contributed by atoms with Crippen LogP contribution in [-0.2, 0) is 0 Å². The van der Waals surface area contributed by atoms with Crippen LogP contribution in [0.3, 0.4) is 0 Å². The first-order valence-corrected chi connectivity index (χ1v) is 9.97. The molecule has 0 amide bonds. The quantitative estimate of drug-likeness (QED) is 0.378. The molecule has 0 rings (SSSR count). The summed E-state index contributed by atoms with van der Waals surface area (Å²) in [6, 6.07) is 0. The third-order valence-electron chi connectivity index (χ3n) is 4.07. The summed E-state index contributed by atoms with van der Waals surface area (Å²) in [4.78, 5) is 0. The molecule has 0 fully saturated rings. The van der Waals surface area contributed by atoms with Gasteiger partial charge in [-0.25, -0.2) is 0 Å². The van der Waals surface area contributed by atoms with Crippen molar-refractivity contribution in [3.05, 3.63) is 0 Å². The van der Waals surface area contributed by atoms with Gasteiger partial charge in [0.2, 0.25) is 0 Å². The van der Waals surface area contributed by atoms with Crippen molar-refractivity contribution in [1.82, 2.24) is 5.32 Å². The Morgan fingerprint density at radius 1 is 0.952 bits per heavy atom. The zero-order valence-corrected chi connectivity index (χ0v) is 15.7. The van der Waals surface area contributed by atoms with E-state index in [1.807, 2.05) is 11.8 Å². The Morgan fingerprint density at radius 3 is 1.95 bits per heavy atom. The van der Waals surface area contributed by atoms with Gasteiger partial charge in [-0.3, -0.25) is 0 Å². The molecule has 0 aromatic carbocycles. The third kappa shape index (κ3) is 14.6. The Labute approximate surface area is 165 Å². The first-order chi connectivity index (χ1) is 9.67. The monoisotopic (exact) mass is 341 g/mol. The van der Waals surface area contributed by atoms with Crippen molar-refractivity contribution in [3.63, 3.8) is 0 Å². The van der Waals surface area contributed by atoms with Crippen LogP contribution in [0.4, 0.5) is 0 Å². The number of thiocarbonyl (C=S) groups is 1. The summed E-state index contributed by atoms with van der Waals surface area (Å²) in [6.45, 7) is 10.2. The zero-order chi connectivity index (χ0) is 15.2. The number of nitrogens with one attached hydrogen (secondary N) is 1. The zero-order valence-electron chi connectivity index (χ0n) is 14.0. The van der Waals surface area contributed by atoms with E-state index in [-0.39, 0.29) is 29.6 Å². The Hall–Kier alpha value is 1.24. The average Bonchev–Trinajstić information content (AvgIpc) is 2.47. The SMILES string of the molecule is CCCCC(CC)CNC(=S)SCC(CC)CCCC.[NaH]. The van der Waals surface area contributed by atoms with Crippen molar-refractivity contribution in [3.8, 4) is 0 Å². The van der Waals surface area contributed by atoms with Crippen LogP contribution < -0.4 is 5.32 Å². The van der Waals surface area contributed by atoms with Crippen LogP contribution in [-0.4, -0.2) is 46.2 Å². The van der Waals surface area contributed by atoms with Crippen LogP contribution in [0, 0.1) is 11.8 Å². The third-order valence-corrected chi connectivity index (χ3v) is 5.61. The van der Waals surface area contributed by atoms with E-state index < -0.39 is 0 Å². The predicted molar refractivity (Wildman–Crippen MR) is 107 cm³/mol. The standard InChI is InChI=1S/C17H35NS2.Na.H/c1-5-9-11-15(7-3)13-18-17(19)20-14-16(8-4)12-10-6-2;;/h15-16H,5-14H2,1-4H3,(H,18,19);;. The Morgan fingerprint density at radius 2 is 1.48 bits per heavy atom. The summed E-state index contributed by atoms with van der Waals surface area (Å²) in [7, 11) is 0. The molecule has 0 aliphatic heterocycles. The van der Waals surface area contributed by atoms with Gasteiger partial charge in [0.1, 0.15) is 4.32 Å². The van der Waals surface area contributed by atoms with Crippen molar-refractivity contribution in [1.29, 1.82) is 0 Å². The van der Waals surface area contributed by atoms with Gasteiger partial charge in [-0.1, -0.05) is 90.2 Å². The van der Waals surface area contributed by atoms with E-state index in [1.54, 1.807) is 0 Å². The Balaban J connectivity index is 0. The van der Waals surface area contributed by atoms with E-state index >= 15 is 0 Å². The van der Waals surface area contributed by atoms with E-state index in [4.69, 9.17) is 12.2 Å². The van der Waals surface area contributed by atoms with E-state index in [0.717, 1.165) is 22.7 Å². The van der Waals surface area contributed by atoms with Gasteiger partial charge in [0.05, 0.1) is 0 Å². The predicted octanol–water partition coefficient (Wildman–Crippen LogP) is 5.38. The van der Waals surface area contributed by atoms with E-state index in [0.29, 0.717) is 0 Å². The molecule has 122 valence electrons. The van der Waals surface area contributed by atoms with Gasteiger partial charge in [0.15, 0.2) is 0 Å². The number of thioether (sulfide) groups is 1. The fourth-order valence-corrected chi connectivity index (χ4v) is 3.58. The molecule has 21 heavy (non-hydrogen) atoms. The molecule has 0 spiro atoms. The molecule has 0 saturated heterocycles. The second-order valence-electron chi connectivity index (χ2n) is 5.81. The van der Waals surface area contributed by atoms with Gasteiger partial charge in [-0.2, -0.15) is 0 Å². The molecule has 2 atom stereocenters. The van der Waals surface area contributed by atoms with Gasteiger partial charge in [0.25, 0.3) is 0 Å². The molecule has 4 heteroatoms. The molecular formula is C17H36NNaS2. The number of rotatable bonds is 12. The van der Waals surface area contributed by atoms with Gasteiger partial charge < -0.3 is 5.32 Å². The van der Waals surface area contributed by atoms with Gasteiger partial charge in [-0.15, -0.1) is 0 Å². The summed E-state index contributed by atoms with van der Waals surface area (Å²) >= 11 is 7.32. The molecule has 1 N–H and O–H groups in total. The van der Waals surface area contributed by atoms with Crippen LogP contribution in [0.5, 0.6) is 0 Å². The maximum absolute atomic E-state index is 5.46. The summed E-state index contributed by atoms with van der Waals surface area (Å²) in [5, 5.41) is 3.47. The second kappa shape index (κ2) is 17.6. The maximum atomic E-state index is 5.46. The van der Waals surface area contributed by atoms with Crippen LogP contribution >= 0.6 is 24.0 Å². The van der Waals surface area contributed by atoms with Crippen LogP contribution in [0.15, 0.2) is 0 Å². The summed E-state index contributed by atoms with van der Waals surface area (Å²) < 4.78 is 1.01. The van der Waals surface area contributed by atoms with Crippen LogP contribution in [0.2, 0.25) is 0 Å². The Kier molecular flexibility index (Phi) is 20.5. The van der Waals surface area contributed by atoms with Crippen molar-refractivity contribution < 1.29 is 0 Å². The topological polar surface area (TPSA) is 12.0 Å². The molecule has 0 saturated carbocycles. The van der Waals surface area contributed by atoms with E-state index in [9.17, 15) is 0 Å². The number of hydrogen-bond acceptors (Lipinski definition) is 2. The molecule has 0 aromatic rings. The summed E-state index contributed by atoms with van der Waals surface area (Å²) in [6.07, 6.45) is 10.5. The Bertz CT molecular complexity index is 215. The molecule has 0 heterocycles. The molecule has 0 aliphatic carbocycles. The molecule has 0 bridgehead atoms. The molecular weight excluding hydrogens is 305 g/mol. The molecule has 2 unspecified atom stereocenters. The van der Waals surface area contributed by atoms with Crippen LogP contribution in [0.1, 0.15) is 79.1 Å². The second-order valence-corrected chi connectivity index (χ2v) is 7.51. The number of unbranched alkanes of at least 4 members (excludes halogenated alkanes) is 2. The molecule has 0 aromatic heterocycles. The first kappa shape index (κ1) is 24.5. The fraction of sp³-hybridized carbons (Fsp3) is 0.941. The van der Waals surface area contributed by atoms with E-state index in [2.05, 4.69) is 33.0 Å². The van der Waals surface area contributed by atoms with Gasteiger partial charge >= 0.3 is 29.6 Å². The van der Waals surface area contributed by atoms with Gasteiger partial charge in [0, 0.05) is 12.3 Å². The first-order valence-electron chi connectivity index (χ1n) is 8.58. The van der Waals surface area contributed by atoms with Crippen LogP contribution in [0.25, 0.3) is 0 Å². The summed E-state index contributed by atoms with van der Waals surface area (Å²) in [5.74, 6) is 2.81. The normalized spacial score (nSPS) is 13.3. The van der Waals surface area contributed by atoms with E-state index in [1.165, 1.54) is 57.1 Å². The van der Waals surface area contributed by atoms with Crippen molar-refractivity contribution in [2.45, 2.75) is 79.1 Å². The fourth-order valence-electron chi connectivity index (χ4n) is 2.31. The van der Waals surface area contributed by atoms with Gasteiger partial charge in [-0.05, 0) is 24.7 Å².